The number of carbonyl (C=O) groups is 1. The molecule has 2 aromatic rings. The van der Waals surface area contributed by atoms with Crippen LogP contribution >= 0.6 is 0 Å². The molecule has 0 aliphatic rings. The number of carbonyl (C=O) groups excluding carboxylic acids is 1. The summed E-state index contributed by atoms with van der Waals surface area (Å²) in [6.07, 6.45) is 2.34. The molecule has 0 aliphatic carbocycles. The zero-order valence-electron chi connectivity index (χ0n) is 11.3. The zero-order chi connectivity index (χ0) is 14.0. The number of nitrogens with one attached hydrogen (secondary N) is 1. The van der Waals surface area contributed by atoms with E-state index < -0.39 is 0 Å². The molecule has 2 aromatic heterocycles. The summed E-state index contributed by atoms with van der Waals surface area (Å²) < 4.78 is 1.50. The van der Waals surface area contributed by atoms with Crippen molar-refractivity contribution < 1.29 is 4.79 Å². The number of amides is 1. The van der Waals surface area contributed by atoms with Gasteiger partial charge in [-0.2, -0.15) is 5.10 Å². The molecule has 0 bridgehead atoms. The Balaban J connectivity index is 2.28. The van der Waals surface area contributed by atoms with E-state index in [1.807, 2.05) is 19.9 Å². The van der Waals surface area contributed by atoms with Gasteiger partial charge in [0.05, 0.1) is 11.4 Å². The normalized spacial score (nSPS) is 10.5. The van der Waals surface area contributed by atoms with E-state index in [0.29, 0.717) is 23.6 Å². The van der Waals surface area contributed by atoms with Crippen LogP contribution in [-0.2, 0) is 13.5 Å². The number of pyridine rings is 1. The van der Waals surface area contributed by atoms with E-state index in [-0.39, 0.29) is 5.91 Å². The molecule has 0 saturated heterocycles. The van der Waals surface area contributed by atoms with Gasteiger partial charge in [0.25, 0.3) is 5.91 Å². The van der Waals surface area contributed by atoms with Crippen LogP contribution in [0.2, 0.25) is 0 Å². The summed E-state index contributed by atoms with van der Waals surface area (Å²) in [7, 11) is 1.70. The van der Waals surface area contributed by atoms with Crippen molar-refractivity contribution in [2.45, 2.75) is 20.3 Å². The number of aryl methyl sites for hydroxylation is 3. The van der Waals surface area contributed by atoms with E-state index in [4.69, 9.17) is 5.73 Å². The summed E-state index contributed by atoms with van der Waals surface area (Å²) in [4.78, 5) is 16.3. The van der Waals surface area contributed by atoms with Crippen LogP contribution in [0.1, 0.15) is 28.7 Å². The van der Waals surface area contributed by atoms with Gasteiger partial charge in [-0.05, 0) is 31.0 Å². The molecule has 0 saturated carbocycles. The third-order valence-corrected chi connectivity index (χ3v) is 2.87. The zero-order valence-corrected chi connectivity index (χ0v) is 11.3. The second-order valence-electron chi connectivity index (χ2n) is 4.36. The van der Waals surface area contributed by atoms with E-state index in [2.05, 4.69) is 15.4 Å². The highest BCUT2D eigenvalue weighted by Crippen LogP contribution is 2.18. The minimum Gasteiger partial charge on any atom is -0.395 e. The van der Waals surface area contributed by atoms with Crippen LogP contribution in [-0.4, -0.2) is 20.7 Å². The second kappa shape index (κ2) is 5.09. The highest BCUT2D eigenvalue weighted by molar-refractivity contribution is 6.06. The minimum absolute atomic E-state index is 0.301. The highest BCUT2D eigenvalue weighted by atomic mass is 16.2. The van der Waals surface area contributed by atoms with Gasteiger partial charge in [-0.25, -0.2) is 4.98 Å². The van der Waals surface area contributed by atoms with Crippen molar-refractivity contribution >= 4 is 17.4 Å². The Kier molecular flexibility index (Phi) is 3.50. The monoisotopic (exact) mass is 259 g/mol. The topological polar surface area (TPSA) is 85.8 Å². The van der Waals surface area contributed by atoms with Crippen LogP contribution < -0.4 is 11.1 Å². The standard InChI is InChI=1S/C13H17N5O/c1-4-9-11(14)12(18(3)17-9)13(19)16-10-7-8(2)5-6-15-10/h5-7H,4,14H2,1-3H3,(H,15,16,19). The molecule has 0 unspecified atom stereocenters. The largest absolute Gasteiger partial charge is 0.395 e. The summed E-state index contributed by atoms with van der Waals surface area (Å²) in [5.41, 5.74) is 8.47. The summed E-state index contributed by atoms with van der Waals surface area (Å²) in [5, 5.41) is 6.95. The number of nitrogen functional groups attached to an aromatic ring is 1. The van der Waals surface area contributed by atoms with Crippen LogP contribution in [0.25, 0.3) is 0 Å². The predicted molar refractivity (Wildman–Crippen MR) is 73.9 cm³/mol. The number of hydrogen-bond donors (Lipinski definition) is 2. The molecule has 0 aliphatic heterocycles. The third-order valence-electron chi connectivity index (χ3n) is 2.87. The van der Waals surface area contributed by atoms with E-state index in [1.165, 1.54) is 4.68 Å². The van der Waals surface area contributed by atoms with E-state index in [1.54, 1.807) is 19.3 Å². The Bertz CT molecular complexity index is 617. The molecule has 0 fully saturated rings. The predicted octanol–water partition coefficient (Wildman–Crippen LogP) is 1.52. The lowest BCUT2D eigenvalue weighted by Crippen LogP contribution is -2.18. The van der Waals surface area contributed by atoms with Gasteiger partial charge in [0.2, 0.25) is 0 Å². The molecular weight excluding hydrogens is 242 g/mol. The summed E-state index contributed by atoms with van der Waals surface area (Å²) in [6, 6.07) is 3.66. The lowest BCUT2D eigenvalue weighted by atomic mass is 10.2. The van der Waals surface area contributed by atoms with E-state index in [9.17, 15) is 4.79 Å². The Morgan fingerprint density at radius 2 is 2.26 bits per heavy atom. The second-order valence-corrected chi connectivity index (χ2v) is 4.36. The highest BCUT2D eigenvalue weighted by Gasteiger charge is 2.19. The Morgan fingerprint density at radius 1 is 1.53 bits per heavy atom. The Morgan fingerprint density at radius 3 is 2.84 bits per heavy atom. The maximum absolute atomic E-state index is 12.2. The first kappa shape index (κ1) is 13.1. The van der Waals surface area contributed by atoms with Crippen LogP contribution in [0.4, 0.5) is 11.5 Å². The SMILES string of the molecule is CCc1nn(C)c(C(=O)Nc2cc(C)ccn2)c1N. The van der Waals surface area contributed by atoms with Gasteiger partial charge in [0, 0.05) is 13.2 Å². The fourth-order valence-corrected chi connectivity index (χ4v) is 1.91. The van der Waals surface area contributed by atoms with Gasteiger partial charge < -0.3 is 11.1 Å². The number of nitrogens with zero attached hydrogens (tertiary/aromatic N) is 3. The fourth-order valence-electron chi connectivity index (χ4n) is 1.91. The molecule has 2 heterocycles. The number of nitrogens with two attached hydrogens (primary N) is 1. The summed E-state index contributed by atoms with van der Waals surface area (Å²) in [6.45, 7) is 3.88. The van der Waals surface area contributed by atoms with Crippen molar-refractivity contribution in [2.75, 3.05) is 11.1 Å². The molecule has 2 rings (SSSR count). The first-order valence-electron chi connectivity index (χ1n) is 6.08. The lowest BCUT2D eigenvalue weighted by molar-refractivity contribution is 0.101. The molecule has 1 amide bonds. The number of anilines is 2. The first-order chi connectivity index (χ1) is 9.02. The number of hydrogen-bond acceptors (Lipinski definition) is 4. The number of aromatic nitrogens is 3. The van der Waals surface area contributed by atoms with Gasteiger partial charge in [-0.3, -0.25) is 9.48 Å². The van der Waals surface area contributed by atoms with Gasteiger partial charge in [-0.1, -0.05) is 6.92 Å². The smallest absolute Gasteiger partial charge is 0.277 e. The van der Waals surface area contributed by atoms with Crippen LogP contribution in [0, 0.1) is 6.92 Å². The molecule has 100 valence electrons. The molecule has 0 radical (unpaired) electrons. The Hall–Kier alpha value is -2.37. The maximum atomic E-state index is 12.2. The quantitative estimate of drug-likeness (QED) is 0.875. The number of rotatable bonds is 3. The van der Waals surface area contributed by atoms with Gasteiger partial charge in [0.1, 0.15) is 11.5 Å². The van der Waals surface area contributed by atoms with Crippen LogP contribution in [0.15, 0.2) is 18.3 Å². The van der Waals surface area contributed by atoms with Crippen molar-refractivity contribution in [1.29, 1.82) is 0 Å². The van der Waals surface area contributed by atoms with Crippen LogP contribution in [0.5, 0.6) is 0 Å². The molecule has 6 heteroatoms. The van der Waals surface area contributed by atoms with Gasteiger partial charge in [0.15, 0.2) is 0 Å². The molecule has 6 nitrogen and oxygen atoms in total. The molecule has 0 atom stereocenters. The van der Waals surface area contributed by atoms with Crippen molar-refractivity contribution in [2.24, 2.45) is 7.05 Å². The van der Waals surface area contributed by atoms with Crippen molar-refractivity contribution in [3.63, 3.8) is 0 Å². The summed E-state index contributed by atoms with van der Waals surface area (Å²) in [5.74, 6) is 0.203. The first-order valence-corrected chi connectivity index (χ1v) is 6.08. The Labute approximate surface area is 111 Å². The molecule has 3 N–H and O–H groups in total. The fraction of sp³-hybridized carbons (Fsp3) is 0.308. The molecule has 0 spiro atoms. The van der Waals surface area contributed by atoms with Crippen molar-refractivity contribution in [3.8, 4) is 0 Å². The lowest BCUT2D eigenvalue weighted by Gasteiger charge is -2.06. The van der Waals surface area contributed by atoms with E-state index in [0.717, 1.165) is 11.3 Å². The van der Waals surface area contributed by atoms with Gasteiger partial charge >= 0.3 is 0 Å². The van der Waals surface area contributed by atoms with Gasteiger partial charge in [-0.15, -0.1) is 0 Å². The average Bonchev–Trinajstić information content (AvgIpc) is 2.64. The van der Waals surface area contributed by atoms with Crippen molar-refractivity contribution in [1.82, 2.24) is 14.8 Å². The summed E-state index contributed by atoms with van der Waals surface area (Å²) >= 11 is 0. The molecule has 19 heavy (non-hydrogen) atoms. The van der Waals surface area contributed by atoms with Crippen LogP contribution in [0.3, 0.4) is 0 Å². The maximum Gasteiger partial charge on any atom is 0.277 e. The third kappa shape index (κ3) is 2.57. The molecule has 0 aromatic carbocycles. The molecular formula is C13H17N5O. The van der Waals surface area contributed by atoms with E-state index >= 15 is 0 Å². The minimum atomic E-state index is -0.301. The average molecular weight is 259 g/mol. The van der Waals surface area contributed by atoms with Crippen molar-refractivity contribution in [3.05, 3.63) is 35.3 Å².